The molecule has 0 radical (unpaired) electrons. The van der Waals surface area contributed by atoms with Gasteiger partial charge in [0.05, 0.1) is 5.69 Å². The van der Waals surface area contributed by atoms with Gasteiger partial charge in [-0.25, -0.2) is 9.38 Å². The molecule has 1 fully saturated rings. The highest BCUT2D eigenvalue weighted by Gasteiger charge is 2.18. The van der Waals surface area contributed by atoms with E-state index in [4.69, 9.17) is 0 Å². The van der Waals surface area contributed by atoms with E-state index in [0.29, 0.717) is 5.65 Å². The normalized spacial score (nSPS) is 20.2. The molecule has 1 aliphatic rings. The van der Waals surface area contributed by atoms with E-state index in [-0.39, 0.29) is 11.5 Å². The van der Waals surface area contributed by atoms with Crippen molar-refractivity contribution >= 4 is 5.65 Å². The molecule has 0 aliphatic carbocycles. The van der Waals surface area contributed by atoms with E-state index < -0.39 is 5.95 Å². The second-order valence-corrected chi connectivity index (χ2v) is 4.60. The van der Waals surface area contributed by atoms with Gasteiger partial charge in [-0.2, -0.15) is 4.39 Å². The van der Waals surface area contributed by atoms with Crippen LogP contribution in [0.15, 0.2) is 29.1 Å². The standard InChI is InChI=1S/C13H14FN3O/c14-11-4-1-5-12-16-10(7-13(18)17(11)12)9-3-2-6-15-8-9/h1,4-5,7,9,15H,2-3,6,8H2. The molecule has 94 valence electrons. The Balaban J connectivity index is 2.12. The molecule has 0 spiro atoms. The summed E-state index contributed by atoms with van der Waals surface area (Å²) in [6, 6.07) is 5.94. The number of hydrogen-bond acceptors (Lipinski definition) is 3. The lowest BCUT2D eigenvalue weighted by Gasteiger charge is -2.22. The number of halogens is 1. The van der Waals surface area contributed by atoms with Gasteiger partial charge in [0.2, 0.25) is 5.95 Å². The molecular weight excluding hydrogens is 233 g/mol. The Morgan fingerprint density at radius 3 is 3.11 bits per heavy atom. The van der Waals surface area contributed by atoms with Crippen LogP contribution in [0.25, 0.3) is 5.65 Å². The Morgan fingerprint density at radius 2 is 2.33 bits per heavy atom. The van der Waals surface area contributed by atoms with Crippen LogP contribution in [0, 0.1) is 5.95 Å². The van der Waals surface area contributed by atoms with Gasteiger partial charge in [-0.05, 0) is 31.5 Å². The molecule has 0 amide bonds. The molecule has 5 heteroatoms. The summed E-state index contributed by atoms with van der Waals surface area (Å²) >= 11 is 0. The van der Waals surface area contributed by atoms with Gasteiger partial charge in [-0.3, -0.25) is 4.79 Å². The van der Waals surface area contributed by atoms with Gasteiger partial charge in [-0.15, -0.1) is 0 Å². The van der Waals surface area contributed by atoms with Gasteiger partial charge in [0.15, 0.2) is 0 Å². The van der Waals surface area contributed by atoms with Crippen LogP contribution >= 0.6 is 0 Å². The van der Waals surface area contributed by atoms with Crippen LogP contribution in [0.3, 0.4) is 0 Å². The predicted octanol–water partition coefficient (Wildman–Crippen LogP) is 1.30. The van der Waals surface area contributed by atoms with Crippen LogP contribution in [-0.4, -0.2) is 22.5 Å². The lowest BCUT2D eigenvalue weighted by atomic mass is 9.96. The molecule has 1 atom stereocenters. The topological polar surface area (TPSA) is 46.4 Å². The Bertz CT molecular complexity index is 632. The van der Waals surface area contributed by atoms with E-state index in [1.54, 1.807) is 12.1 Å². The first kappa shape index (κ1) is 11.3. The summed E-state index contributed by atoms with van der Waals surface area (Å²) in [5.74, 6) is -0.321. The summed E-state index contributed by atoms with van der Waals surface area (Å²) in [6.07, 6.45) is 2.10. The molecule has 2 aromatic rings. The smallest absolute Gasteiger partial charge is 0.260 e. The summed E-state index contributed by atoms with van der Waals surface area (Å²) in [5.41, 5.74) is 0.791. The minimum atomic E-state index is -0.571. The van der Waals surface area contributed by atoms with E-state index in [1.807, 2.05) is 0 Å². The van der Waals surface area contributed by atoms with Gasteiger partial charge in [-0.1, -0.05) is 6.07 Å². The summed E-state index contributed by atoms with van der Waals surface area (Å²) < 4.78 is 14.5. The second kappa shape index (κ2) is 4.49. The molecule has 1 N–H and O–H groups in total. The molecular formula is C13H14FN3O. The fourth-order valence-electron chi connectivity index (χ4n) is 2.45. The molecule has 1 saturated heterocycles. The first-order valence-corrected chi connectivity index (χ1v) is 6.14. The van der Waals surface area contributed by atoms with Crippen LogP contribution in [0.5, 0.6) is 0 Å². The van der Waals surface area contributed by atoms with E-state index in [2.05, 4.69) is 10.3 Å². The number of rotatable bonds is 1. The van der Waals surface area contributed by atoms with Gasteiger partial charge < -0.3 is 5.32 Å². The van der Waals surface area contributed by atoms with Crippen LogP contribution in [0.4, 0.5) is 4.39 Å². The predicted molar refractivity (Wildman–Crippen MR) is 66.3 cm³/mol. The van der Waals surface area contributed by atoms with E-state index >= 15 is 0 Å². The maximum absolute atomic E-state index is 13.5. The first-order valence-electron chi connectivity index (χ1n) is 6.14. The highest BCUT2D eigenvalue weighted by atomic mass is 19.1. The Kier molecular flexibility index (Phi) is 2.83. The van der Waals surface area contributed by atoms with E-state index in [0.717, 1.165) is 36.0 Å². The van der Waals surface area contributed by atoms with Crippen molar-refractivity contribution in [3.63, 3.8) is 0 Å². The number of nitrogens with zero attached hydrogens (tertiary/aromatic N) is 2. The highest BCUT2D eigenvalue weighted by Crippen LogP contribution is 2.20. The maximum atomic E-state index is 13.5. The van der Waals surface area contributed by atoms with Crippen LogP contribution in [0.1, 0.15) is 24.5 Å². The third-order valence-corrected chi connectivity index (χ3v) is 3.37. The number of hydrogen-bond donors (Lipinski definition) is 1. The minimum Gasteiger partial charge on any atom is -0.316 e. The highest BCUT2D eigenvalue weighted by molar-refractivity contribution is 5.39. The Labute approximate surface area is 103 Å². The molecule has 1 unspecified atom stereocenters. The van der Waals surface area contributed by atoms with E-state index in [9.17, 15) is 9.18 Å². The zero-order valence-electron chi connectivity index (χ0n) is 9.90. The third-order valence-electron chi connectivity index (χ3n) is 3.37. The van der Waals surface area contributed by atoms with Gasteiger partial charge in [0.25, 0.3) is 5.56 Å². The van der Waals surface area contributed by atoms with Crippen LogP contribution < -0.4 is 10.9 Å². The average Bonchev–Trinajstić information content (AvgIpc) is 2.39. The van der Waals surface area contributed by atoms with Crippen molar-refractivity contribution in [2.75, 3.05) is 13.1 Å². The fraction of sp³-hybridized carbons (Fsp3) is 0.385. The lowest BCUT2D eigenvalue weighted by molar-refractivity contribution is 0.453. The number of nitrogens with one attached hydrogen (secondary N) is 1. The van der Waals surface area contributed by atoms with Gasteiger partial charge in [0, 0.05) is 18.5 Å². The largest absolute Gasteiger partial charge is 0.316 e. The lowest BCUT2D eigenvalue weighted by Crippen LogP contribution is -2.30. The zero-order valence-corrected chi connectivity index (χ0v) is 9.90. The molecule has 0 saturated carbocycles. The summed E-state index contributed by atoms with van der Waals surface area (Å²) in [4.78, 5) is 16.3. The van der Waals surface area contributed by atoms with Crippen LogP contribution in [-0.2, 0) is 0 Å². The number of piperidine rings is 1. The SMILES string of the molecule is O=c1cc(C2CCCNC2)nc2cccc(F)n12. The summed E-state index contributed by atoms with van der Waals surface area (Å²) in [5, 5.41) is 3.29. The summed E-state index contributed by atoms with van der Waals surface area (Å²) in [6.45, 7) is 1.84. The molecule has 0 aromatic carbocycles. The van der Waals surface area contributed by atoms with E-state index in [1.165, 1.54) is 12.1 Å². The molecule has 3 rings (SSSR count). The minimum absolute atomic E-state index is 0.250. The average molecular weight is 247 g/mol. The van der Waals surface area contributed by atoms with Crippen LogP contribution in [0.2, 0.25) is 0 Å². The van der Waals surface area contributed by atoms with Crippen molar-refractivity contribution in [3.05, 3.63) is 46.3 Å². The first-order chi connectivity index (χ1) is 8.75. The zero-order chi connectivity index (χ0) is 12.5. The monoisotopic (exact) mass is 247 g/mol. The van der Waals surface area contributed by atoms with Crippen molar-refractivity contribution in [2.24, 2.45) is 0 Å². The Hall–Kier alpha value is -1.75. The van der Waals surface area contributed by atoms with Gasteiger partial charge >= 0.3 is 0 Å². The number of pyridine rings is 1. The van der Waals surface area contributed by atoms with Crippen molar-refractivity contribution in [1.82, 2.24) is 14.7 Å². The van der Waals surface area contributed by atoms with Crippen molar-refractivity contribution in [2.45, 2.75) is 18.8 Å². The molecule has 0 bridgehead atoms. The molecule has 2 aromatic heterocycles. The fourth-order valence-corrected chi connectivity index (χ4v) is 2.45. The number of fused-ring (bicyclic) bond motifs is 1. The molecule has 18 heavy (non-hydrogen) atoms. The molecule has 1 aliphatic heterocycles. The molecule has 3 heterocycles. The summed E-state index contributed by atoms with van der Waals surface area (Å²) in [7, 11) is 0. The Morgan fingerprint density at radius 1 is 1.44 bits per heavy atom. The quantitative estimate of drug-likeness (QED) is 0.773. The van der Waals surface area contributed by atoms with Gasteiger partial charge in [0.1, 0.15) is 5.65 Å². The third kappa shape index (κ3) is 1.90. The maximum Gasteiger partial charge on any atom is 0.260 e. The number of aromatic nitrogens is 2. The molecule has 4 nitrogen and oxygen atoms in total. The van der Waals surface area contributed by atoms with Crippen molar-refractivity contribution in [3.8, 4) is 0 Å². The van der Waals surface area contributed by atoms with Crippen molar-refractivity contribution in [1.29, 1.82) is 0 Å². The second-order valence-electron chi connectivity index (χ2n) is 4.60. The van der Waals surface area contributed by atoms with Crippen molar-refractivity contribution < 1.29 is 4.39 Å².